The van der Waals surface area contributed by atoms with Crippen LogP contribution in [0.1, 0.15) is 11.4 Å². The largest absolute Gasteiger partial charge is 0.573 e. The molecule has 0 spiro atoms. The Morgan fingerprint density at radius 3 is 2.77 bits per heavy atom. The second-order valence-corrected chi connectivity index (χ2v) is 6.83. The Hall–Kier alpha value is -3.56. The van der Waals surface area contributed by atoms with Gasteiger partial charge in [0.05, 0.1) is 24.2 Å². The number of likely N-dealkylation sites (N-methyl/N-ethyl adjacent to an activating group) is 1. The number of ether oxygens (including phenoxy) is 1. The monoisotopic (exact) mass is 417 g/mol. The second kappa shape index (κ2) is 7.36. The van der Waals surface area contributed by atoms with Crippen LogP contribution in [0.15, 0.2) is 42.7 Å². The van der Waals surface area contributed by atoms with Crippen molar-refractivity contribution in [3.8, 4) is 5.75 Å². The van der Waals surface area contributed by atoms with Crippen LogP contribution in [0.4, 0.5) is 13.2 Å². The van der Waals surface area contributed by atoms with E-state index < -0.39 is 6.36 Å². The smallest absolute Gasteiger partial charge is 0.406 e. The van der Waals surface area contributed by atoms with Gasteiger partial charge in [0, 0.05) is 48.5 Å². The van der Waals surface area contributed by atoms with E-state index in [-0.39, 0.29) is 18.1 Å². The number of fused-ring (bicyclic) bond motifs is 2. The Bertz CT molecular complexity index is 1240. The van der Waals surface area contributed by atoms with Crippen LogP contribution in [0, 0.1) is 0 Å². The van der Waals surface area contributed by atoms with Crippen LogP contribution in [-0.4, -0.2) is 38.6 Å². The molecule has 1 N–H and O–H groups in total. The number of alkyl halides is 3. The molecule has 4 aromatic rings. The van der Waals surface area contributed by atoms with E-state index in [2.05, 4.69) is 20.1 Å². The highest BCUT2D eigenvalue weighted by molar-refractivity contribution is 5.86. The molecule has 3 aromatic heterocycles. The number of amides is 1. The highest BCUT2D eigenvalue weighted by Crippen LogP contribution is 2.28. The van der Waals surface area contributed by atoms with Crippen LogP contribution in [0.25, 0.3) is 21.8 Å². The molecular weight excluding hydrogens is 399 g/mol. The minimum atomic E-state index is -4.74. The maximum absolute atomic E-state index is 12.5. The van der Waals surface area contributed by atoms with Crippen molar-refractivity contribution in [1.29, 1.82) is 0 Å². The van der Waals surface area contributed by atoms with Crippen molar-refractivity contribution in [2.45, 2.75) is 19.3 Å². The summed E-state index contributed by atoms with van der Waals surface area (Å²) in [6.45, 7) is 0.398. The number of aryl methyl sites for hydroxylation is 1. The first kappa shape index (κ1) is 19.7. The molecule has 0 aliphatic carbocycles. The number of carbonyl (C=O) groups is 1. The quantitative estimate of drug-likeness (QED) is 0.541. The molecule has 7 nitrogen and oxygen atoms in total. The molecule has 0 aliphatic heterocycles. The molecule has 0 bridgehead atoms. The topological polar surface area (TPSA) is 74.0 Å². The van der Waals surface area contributed by atoms with Gasteiger partial charge in [-0.05, 0) is 30.3 Å². The van der Waals surface area contributed by atoms with E-state index in [1.165, 1.54) is 12.1 Å². The maximum atomic E-state index is 12.5. The molecule has 3 heterocycles. The van der Waals surface area contributed by atoms with E-state index in [4.69, 9.17) is 0 Å². The lowest BCUT2D eigenvalue weighted by Gasteiger charge is -2.08. The zero-order chi connectivity index (χ0) is 21.5. The van der Waals surface area contributed by atoms with Crippen molar-refractivity contribution >= 4 is 27.7 Å². The lowest BCUT2D eigenvalue weighted by atomic mass is 10.2. The number of benzene rings is 1. The number of halogens is 3. The summed E-state index contributed by atoms with van der Waals surface area (Å²) >= 11 is 0. The van der Waals surface area contributed by atoms with Crippen molar-refractivity contribution < 1.29 is 22.7 Å². The Balaban J connectivity index is 1.65. The van der Waals surface area contributed by atoms with Gasteiger partial charge in [-0.1, -0.05) is 0 Å². The van der Waals surface area contributed by atoms with E-state index >= 15 is 0 Å². The van der Waals surface area contributed by atoms with Gasteiger partial charge in [0.2, 0.25) is 5.91 Å². The molecule has 10 heteroatoms. The van der Waals surface area contributed by atoms with Gasteiger partial charge in [-0.25, -0.2) is 0 Å². The number of aromatic nitrogens is 4. The van der Waals surface area contributed by atoms with E-state index in [0.29, 0.717) is 23.1 Å². The Labute approximate surface area is 169 Å². The van der Waals surface area contributed by atoms with Crippen molar-refractivity contribution in [3.63, 3.8) is 0 Å². The van der Waals surface area contributed by atoms with Gasteiger partial charge in [-0.15, -0.1) is 13.2 Å². The van der Waals surface area contributed by atoms with Crippen molar-refractivity contribution in [1.82, 2.24) is 24.6 Å². The summed E-state index contributed by atoms with van der Waals surface area (Å²) in [6, 6.07) is 7.80. The van der Waals surface area contributed by atoms with Gasteiger partial charge in [0.1, 0.15) is 5.75 Å². The van der Waals surface area contributed by atoms with Crippen molar-refractivity contribution in [2.75, 3.05) is 7.05 Å². The van der Waals surface area contributed by atoms with Crippen LogP contribution < -0.4 is 10.1 Å². The van der Waals surface area contributed by atoms with E-state index in [1.807, 2.05) is 17.8 Å². The SMILES string of the molecule is CNC(=O)Cc1nccc2nn(Cc3cc4cc(OC(F)(F)F)ccc4n3C)cc12. The van der Waals surface area contributed by atoms with Crippen LogP contribution in [0.3, 0.4) is 0 Å². The van der Waals surface area contributed by atoms with Crippen LogP contribution in [0.5, 0.6) is 5.75 Å². The molecule has 0 saturated carbocycles. The van der Waals surface area contributed by atoms with Gasteiger partial charge in [-0.3, -0.25) is 14.5 Å². The first-order chi connectivity index (χ1) is 14.2. The summed E-state index contributed by atoms with van der Waals surface area (Å²) in [6.07, 6.45) is -1.16. The molecule has 30 heavy (non-hydrogen) atoms. The number of rotatable bonds is 5. The molecule has 1 amide bonds. The number of hydrogen-bond acceptors (Lipinski definition) is 4. The molecule has 156 valence electrons. The molecule has 0 atom stereocenters. The standard InChI is InChI=1S/C20H18F3N5O2/c1-24-19(29)9-17-15-11-28(26-16(15)5-6-25-17)10-13-7-12-8-14(30-20(21,22)23)3-4-18(12)27(13)2/h3-8,11H,9-10H2,1-2H3,(H,24,29). The summed E-state index contributed by atoms with van der Waals surface area (Å²) in [5.74, 6) is -0.407. The van der Waals surface area contributed by atoms with E-state index in [1.54, 1.807) is 36.1 Å². The molecular formula is C20H18F3N5O2. The average molecular weight is 417 g/mol. The van der Waals surface area contributed by atoms with Gasteiger partial charge >= 0.3 is 6.36 Å². The van der Waals surface area contributed by atoms with E-state index in [0.717, 1.165) is 16.6 Å². The van der Waals surface area contributed by atoms with Crippen molar-refractivity contribution in [3.05, 3.63) is 54.1 Å². The number of carbonyl (C=O) groups excluding carboxylic acids is 1. The third-order valence-corrected chi connectivity index (χ3v) is 4.84. The fourth-order valence-corrected chi connectivity index (χ4v) is 3.41. The van der Waals surface area contributed by atoms with Gasteiger partial charge in [0.15, 0.2) is 0 Å². The average Bonchev–Trinajstić information content (AvgIpc) is 3.22. The molecule has 0 fully saturated rings. The van der Waals surface area contributed by atoms with Crippen molar-refractivity contribution in [2.24, 2.45) is 7.05 Å². The maximum Gasteiger partial charge on any atom is 0.573 e. The highest BCUT2D eigenvalue weighted by Gasteiger charge is 2.31. The number of hydrogen-bond donors (Lipinski definition) is 1. The van der Waals surface area contributed by atoms with Gasteiger partial charge in [-0.2, -0.15) is 5.10 Å². The van der Waals surface area contributed by atoms with Crippen LogP contribution in [0.2, 0.25) is 0 Å². The summed E-state index contributed by atoms with van der Waals surface area (Å²) in [7, 11) is 3.40. The number of pyridine rings is 1. The fraction of sp³-hybridized carbons (Fsp3) is 0.250. The molecule has 4 rings (SSSR count). The van der Waals surface area contributed by atoms with Crippen LogP contribution in [-0.2, 0) is 24.8 Å². The third-order valence-electron chi connectivity index (χ3n) is 4.84. The first-order valence-electron chi connectivity index (χ1n) is 9.09. The Kier molecular flexibility index (Phi) is 4.84. The first-order valence-corrected chi connectivity index (χ1v) is 9.09. The summed E-state index contributed by atoms with van der Waals surface area (Å²) in [5, 5.41) is 8.52. The molecule has 0 saturated heterocycles. The second-order valence-electron chi connectivity index (χ2n) is 6.83. The summed E-state index contributed by atoms with van der Waals surface area (Å²) < 4.78 is 45.1. The van der Waals surface area contributed by atoms with Gasteiger partial charge in [0.25, 0.3) is 0 Å². The highest BCUT2D eigenvalue weighted by atomic mass is 19.4. The number of nitrogens with one attached hydrogen (secondary N) is 1. The predicted molar refractivity (Wildman–Crippen MR) is 104 cm³/mol. The zero-order valence-electron chi connectivity index (χ0n) is 16.2. The number of nitrogens with zero attached hydrogens (tertiary/aromatic N) is 4. The Morgan fingerprint density at radius 1 is 1.23 bits per heavy atom. The minimum absolute atomic E-state index is 0.145. The normalized spacial score (nSPS) is 11.9. The molecule has 0 aliphatic rings. The third kappa shape index (κ3) is 3.93. The summed E-state index contributed by atoms with van der Waals surface area (Å²) in [5.41, 5.74) is 2.97. The van der Waals surface area contributed by atoms with Crippen LogP contribution >= 0.6 is 0 Å². The molecule has 0 radical (unpaired) electrons. The zero-order valence-corrected chi connectivity index (χ0v) is 16.2. The lowest BCUT2D eigenvalue weighted by molar-refractivity contribution is -0.274. The predicted octanol–water partition coefficient (Wildman–Crippen LogP) is 3.16. The molecule has 1 aromatic carbocycles. The minimum Gasteiger partial charge on any atom is -0.406 e. The summed E-state index contributed by atoms with van der Waals surface area (Å²) in [4.78, 5) is 16.0. The fourth-order valence-electron chi connectivity index (χ4n) is 3.41. The lowest BCUT2D eigenvalue weighted by Crippen LogP contribution is -2.20. The van der Waals surface area contributed by atoms with Gasteiger partial charge < -0.3 is 14.6 Å². The molecule has 0 unspecified atom stereocenters. The Morgan fingerprint density at radius 2 is 2.03 bits per heavy atom. The van der Waals surface area contributed by atoms with E-state index in [9.17, 15) is 18.0 Å².